The maximum atomic E-state index is 12.3. The molecule has 0 aromatic heterocycles. The van der Waals surface area contributed by atoms with Gasteiger partial charge in [-0.3, -0.25) is 19.2 Å². The first-order chi connectivity index (χ1) is 16.4. The van der Waals surface area contributed by atoms with Gasteiger partial charge in [0.25, 0.3) is 0 Å². The van der Waals surface area contributed by atoms with Crippen molar-refractivity contribution in [2.75, 3.05) is 20.3 Å². The maximum absolute atomic E-state index is 12.3. The first kappa shape index (κ1) is 30.1. The molecule has 0 radical (unpaired) electrons. The molecule has 0 saturated carbocycles. The van der Waals surface area contributed by atoms with E-state index in [0.29, 0.717) is 5.56 Å². The van der Waals surface area contributed by atoms with Crippen LogP contribution < -0.4 is 14.8 Å². The first-order valence-electron chi connectivity index (χ1n) is 11.9. The standard InChI is InChI=1S/C26H39NO8/c1-16(2)12-23(28)34-21-9-8-19(15-22(21)35-24(29)13-17(3)4)14-20(26(31)32-7)27-10-11-33-25(30)18(5)6/h8-9,15-18,20,27H,10-14H2,1-7H3/t20-/m0/s1. The Morgan fingerprint density at radius 2 is 1.40 bits per heavy atom. The van der Waals surface area contributed by atoms with E-state index in [1.807, 2.05) is 27.7 Å². The van der Waals surface area contributed by atoms with Gasteiger partial charge in [0, 0.05) is 19.4 Å². The number of ether oxygens (including phenoxy) is 4. The van der Waals surface area contributed by atoms with Crippen molar-refractivity contribution < 1.29 is 38.1 Å². The van der Waals surface area contributed by atoms with Gasteiger partial charge in [0.2, 0.25) is 0 Å². The fourth-order valence-electron chi connectivity index (χ4n) is 3.01. The maximum Gasteiger partial charge on any atom is 0.323 e. The second-order valence-electron chi connectivity index (χ2n) is 9.48. The molecule has 0 aliphatic heterocycles. The third-order valence-corrected chi connectivity index (χ3v) is 4.74. The zero-order valence-electron chi connectivity index (χ0n) is 21.8. The molecule has 0 aliphatic carbocycles. The van der Waals surface area contributed by atoms with Crippen molar-refractivity contribution in [2.45, 2.75) is 66.8 Å². The number of hydrogen-bond donors (Lipinski definition) is 1. The Kier molecular flexibility index (Phi) is 13.0. The minimum absolute atomic E-state index is 0.0929. The summed E-state index contributed by atoms with van der Waals surface area (Å²) in [7, 11) is 1.28. The van der Waals surface area contributed by atoms with Crippen molar-refractivity contribution in [3.05, 3.63) is 23.8 Å². The summed E-state index contributed by atoms with van der Waals surface area (Å²) in [6.45, 7) is 11.4. The summed E-state index contributed by atoms with van der Waals surface area (Å²) in [4.78, 5) is 48.4. The fraction of sp³-hybridized carbons (Fsp3) is 0.615. The summed E-state index contributed by atoms with van der Waals surface area (Å²) < 4.78 is 21.0. The SMILES string of the molecule is COC(=O)[C@H](Cc1ccc(OC(=O)CC(C)C)c(OC(=O)CC(C)C)c1)NCCOC(=O)C(C)C. The van der Waals surface area contributed by atoms with Crippen molar-refractivity contribution in [3.63, 3.8) is 0 Å². The predicted octanol–water partition coefficient (Wildman–Crippen LogP) is 3.46. The highest BCUT2D eigenvalue weighted by atomic mass is 16.6. The van der Waals surface area contributed by atoms with Gasteiger partial charge in [0.1, 0.15) is 12.6 Å². The lowest BCUT2D eigenvalue weighted by Crippen LogP contribution is -2.41. The number of carbonyl (C=O) groups is 4. The normalized spacial score (nSPS) is 11.9. The monoisotopic (exact) mass is 493 g/mol. The van der Waals surface area contributed by atoms with Gasteiger partial charge < -0.3 is 24.3 Å². The van der Waals surface area contributed by atoms with Crippen LogP contribution in [0.5, 0.6) is 11.5 Å². The second-order valence-corrected chi connectivity index (χ2v) is 9.48. The highest BCUT2D eigenvalue weighted by Gasteiger charge is 2.22. The predicted molar refractivity (Wildman–Crippen MR) is 130 cm³/mol. The molecule has 0 heterocycles. The average Bonchev–Trinajstić information content (AvgIpc) is 2.75. The quantitative estimate of drug-likeness (QED) is 0.236. The highest BCUT2D eigenvalue weighted by Crippen LogP contribution is 2.30. The number of hydrogen-bond acceptors (Lipinski definition) is 9. The number of nitrogens with one attached hydrogen (secondary N) is 1. The lowest BCUT2D eigenvalue weighted by atomic mass is 10.0. The van der Waals surface area contributed by atoms with Crippen molar-refractivity contribution >= 4 is 23.9 Å². The second kappa shape index (κ2) is 15.1. The van der Waals surface area contributed by atoms with Crippen molar-refractivity contribution in [3.8, 4) is 11.5 Å². The molecule has 196 valence electrons. The molecule has 0 bridgehead atoms. The van der Waals surface area contributed by atoms with Gasteiger partial charge >= 0.3 is 23.9 Å². The summed E-state index contributed by atoms with van der Waals surface area (Å²) in [5.41, 5.74) is 0.656. The van der Waals surface area contributed by atoms with Crippen LogP contribution in [0.1, 0.15) is 59.9 Å². The van der Waals surface area contributed by atoms with E-state index >= 15 is 0 Å². The van der Waals surface area contributed by atoms with E-state index in [0.717, 1.165) is 0 Å². The van der Waals surface area contributed by atoms with Crippen LogP contribution in [-0.2, 0) is 35.1 Å². The zero-order chi connectivity index (χ0) is 26.5. The van der Waals surface area contributed by atoms with Gasteiger partial charge in [-0.05, 0) is 36.0 Å². The Balaban J connectivity index is 3.02. The van der Waals surface area contributed by atoms with Crippen molar-refractivity contribution in [2.24, 2.45) is 17.8 Å². The molecule has 1 rings (SSSR count). The number of benzene rings is 1. The van der Waals surface area contributed by atoms with E-state index in [-0.39, 0.29) is 67.6 Å². The van der Waals surface area contributed by atoms with E-state index in [9.17, 15) is 19.2 Å². The van der Waals surface area contributed by atoms with Gasteiger partial charge in [0.15, 0.2) is 11.5 Å². The summed E-state index contributed by atoms with van der Waals surface area (Å²) in [5, 5.41) is 3.02. The van der Waals surface area contributed by atoms with Crippen molar-refractivity contribution in [1.82, 2.24) is 5.32 Å². The van der Waals surface area contributed by atoms with Gasteiger partial charge in [-0.2, -0.15) is 0 Å². The van der Waals surface area contributed by atoms with Crippen LogP contribution in [0.25, 0.3) is 0 Å². The van der Waals surface area contributed by atoms with E-state index in [4.69, 9.17) is 18.9 Å². The third kappa shape index (κ3) is 11.8. The minimum Gasteiger partial charge on any atom is -0.468 e. The zero-order valence-corrected chi connectivity index (χ0v) is 21.8. The summed E-state index contributed by atoms with van der Waals surface area (Å²) in [5.74, 6) is -1.48. The molecule has 1 aromatic rings. The first-order valence-corrected chi connectivity index (χ1v) is 11.9. The lowest BCUT2D eigenvalue weighted by Gasteiger charge is -2.18. The Hall–Kier alpha value is -2.94. The summed E-state index contributed by atoms with van der Waals surface area (Å²) in [6, 6.07) is 4.08. The molecular formula is C26H39NO8. The molecule has 0 unspecified atom stereocenters. The number of esters is 4. The van der Waals surface area contributed by atoms with Crippen LogP contribution in [0.15, 0.2) is 18.2 Å². The third-order valence-electron chi connectivity index (χ3n) is 4.74. The van der Waals surface area contributed by atoms with E-state index in [1.54, 1.807) is 32.0 Å². The molecule has 1 N–H and O–H groups in total. The molecule has 1 atom stereocenters. The smallest absolute Gasteiger partial charge is 0.323 e. The molecule has 0 fully saturated rings. The minimum atomic E-state index is -0.730. The molecule has 9 nitrogen and oxygen atoms in total. The van der Waals surface area contributed by atoms with E-state index in [1.165, 1.54) is 7.11 Å². The molecule has 0 spiro atoms. The van der Waals surface area contributed by atoms with Crippen LogP contribution in [0.2, 0.25) is 0 Å². The molecule has 1 aromatic carbocycles. The topological polar surface area (TPSA) is 117 Å². The largest absolute Gasteiger partial charge is 0.468 e. The van der Waals surface area contributed by atoms with Crippen molar-refractivity contribution in [1.29, 1.82) is 0 Å². The average molecular weight is 494 g/mol. The molecule has 9 heteroatoms. The van der Waals surface area contributed by atoms with E-state index < -0.39 is 23.9 Å². The Morgan fingerprint density at radius 3 is 1.91 bits per heavy atom. The molecule has 0 saturated heterocycles. The van der Waals surface area contributed by atoms with Gasteiger partial charge in [0.05, 0.1) is 13.0 Å². The van der Waals surface area contributed by atoms with Crippen LogP contribution in [0.4, 0.5) is 0 Å². The van der Waals surface area contributed by atoms with Crippen LogP contribution in [-0.4, -0.2) is 50.2 Å². The van der Waals surface area contributed by atoms with Gasteiger partial charge in [-0.1, -0.05) is 47.6 Å². The number of rotatable bonds is 14. The molecule has 35 heavy (non-hydrogen) atoms. The molecular weight excluding hydrogens is 454 g/mol. The van der Waals surface area contributed by atoms with E-state index in [2.05, 4.69) is 5.32 Å². The summed E-state index contributed by atoms with van der Waals surface area (Å²) >= 11 is 0. The molecule has 0 aliphatic rings. The Labute approximate surface area is 207 Å². The fourth-order valence-corrected chi connectivity index (χ4v) is 3.01. The lowest BCUT2D eigenvalue weighted by molar-refractivity contribution is -0.147. The van der Waals surface area contributed by atoms with Crippen LogP contribution >= 0.6 is 0 Å². The van der Waals surface area contributed by atoms with Gasteiger partial charge in [-0.25, -0.2) is 0 Å². The summed E-state index contributed by atoms with van der Waals surface area (Å²) in [6.07, 6.45) is 0.627. The number of methoxy groups -OCH3 is 1. The Morgan fingerprint density at radius 1 is 0.829 bits per heavy atom. The Bertz CT molecular complexity index is 863. The van der Waals surface area contributed by atoms with Gasteiger partial charge in [-0.15, -0.1) is 0 Å². The highest BCUT2D eigenvalue weighted by molar-refractivity contribution is 5.77. The number of carbonyl (C=O) groups excluding carboxylic acids is 4. The van der Waals surface area contributed by atoms with Crippen LogP contribution in [0, 0.1) is 17.8 Å². The van der Waals surface area contributed by atoms with Crippen LogP contribution in [0.3, 0.4) is 0 Å². The molecule has 0 amide bonds.